The lowest BCUT2D eigenvalue weighted by atomic mass is 9.49. The van der Waals surface area contributed by atoms with E-state index in [1.54, 1.807) is 19.1 Å². The third-order valence-electron chi connectivity index (χ3n) is 6.45. The number of carbonyl (C=O) groups is 1. The molecule has 0 radical (unpaired) electrons. The van der Waals surface area contributed by atoms with Crippen LogP contribution in [0.1, 0.15) is 51.9 Å². The van der Waals surface area contributed by atoms with Crippen molar-refractivity contribution in [3.8, 4) is 11.5 Å². The maximum absolute atomic E-state index is 11.5. The molecule has 0 unspecified atom stereocenters. The quantitative estimate of drug-likeness (QED) is 0.408. The van der Waals surface area contributed by atoms with E-state index in [4.69, 9.17) is 9.47 Å². The zero-order valence-electron chi connectivity index (χ0n) is 15.1. The predicted octanol–water partition coefficient (Wildman–Crippen LogP) is 5.15. The maximum Gasteiger partial charge on any atom is 0.338 e. The van der Waals surface area contributed by atoms with Crippen molar-refractivity contribution in [2.45, 2.75) is 51.9 Å². The molecule has 5 rings (SSSR count). The SMILES string of the molecule is C=C(C)C(=O)Oc1ccc(OCCC23CC4CC(CC(C4)C2)C3)cc1. The average molecular weight is 340 g/mol. The van der Waals surface area contributed by atoms with Crippen LogP contribution in [0.15, 0.2) is 36.4 Å². The molecule has 4 aliphatic carbocycles. The van der Waals surface area contributed by atoms with Crippen LogP contribution < -0.4 is 9.47 Å². The van der Waals surface area contributed by atoms with E-state index < -0.39 is 5.97 Å². The van der Waals surface area contributed by atoms with Gasteiger partial charge in [-0.3, -0.25) is 0 Å². The molecule has 4 saturated carbocycles. The first-order valence-electron chi connectivity index (χ1n) is 9.62. The van der Waals surface area contributed by atoms with E-state index in [2.05, 4.69) is 6.58 Å². The van der Waals surface area contributed by atoms with Crippen molar-refractivity contribution >= 4 is 5.97 Å². The van der Waals surface area contributed by atoms with Gasteiger partial charge in [0.2, 0.25) is 0 Å². The third kappa shape index (κ3) is 3.61. The van der Waals surface area contributed by atoms with Gasteiger partial charge in [-0.2, -0.15) is 0 Å². The lowest BCUT2D eigenvalue weighted by molar-refractivity contribution is -0.130. The summed E-state index contributed by atoms with van der Waals surface area (Å²) in [6.07, 6.45) is 9.94. The smallest absolute Gasteiger partial charge is 0.338 e. The fourth-order valence-electron chi connectivity index (χ4n) is 5.78. The Bertz CT molecular complexity index is 623. The van der Waals surface area contributed by atoms with Crippen LogP contribution in [0, 0.1) is 23.2 Å². The molecule has 0 saturated heterocycles. The van der Waals surface area contributed by atoms with E-state index in [0.29, 0.717) is 16.7 Å². The zero-order valence-corrected chi connectivity index (χ0v) is 15.1. The molecule has 0 spiro atoms. The van der Waals surface area contributed by atoms with E-state index in [-0.39, 0.29) is 0 Å². The summed E-state index contributed by atoms with van der Waals surface area (Å²) in [5.74, 6) is 3.97. The van der Waals surface area contributed by atoms with Crippen LogP contribution in [0.4, 0.5) is 0 Å². The summed E-state index contributed by atoms with van der Waals surface area (Å²) in [7, 11) is 0. The molecule has 1 aromatic rings. The first kappa shape index (κ1) is 16.7. The van der Waals surface area contributed by atoms with Gasteiger partial charge in [0.15, 0.2) is 0 Å². The van der Waals surface area contributed by atoms with Crippen molar-refractivity contribution < 1.29 is 14.3 Å². The highest BCUT2D eigenvalue weighted by molar-refractivity contribution is 5.88. The lowest BCUT2D eigenvalue weighted by Gasteiger charge is -2.57. The molecule has 0 atom stereocenters. The molecule has 0 aliphatic heterocycles. The van der Waals surface area contributed by atoms with Crippen molar-refractivity contribution in [1.82, 2.24) is 0 Å². The van der Waals surface area contributed by atoms with Crippen molar-refractivity contribution in [3.05, 3.63) is 36.4 Å². The number of carbonyl (C=O) groups excluding carboxylic acids is 1. The Labute approximate surface area is 150 Å². The van der Waals surface area contributed by atoms with Gasteiger partial charge in [0, 0.05) is 5.57 Å². The standard InChI is InChI=1S/C22H28O3/c1-15(2)21(23)25-20-5-3-19(4-6-20)24-8-7-22-12-16-9-17(13-22)11-18(10-16)14-22/h3-6,16-18H,1,7-14H2,2H3. The molecule has 25 heavy (non-hydrogen) atoms. The van der Waals surface area contributed by atoms with Gasteiger partial charge in [0.1, 0.15) is 11.5 Å². The van der Waals surface area contributed by atoms with Gasteiger partial charge in [-0.1, -0.05) is 6.58 Å². The first-order chi connectivity index (χ1) is 12.0. The Kier molecular flexibility index (Phi) is 4.35. The second-order valence-electron chi connectivity index (χ2n) is 8.66. The van der Waals surface area contributed by atoms with Crippen molar-refractivity contribution in [2.24, 2.45) is 23.2 Å². The van der Waals surface area contributed by atoms with Crippen molar-refractivity contribution in [1.29, 1.82) is 0 Å². The predicted molar refractivity (Wildman–Crippen MR) is 97.6 cm³/mol. The van der Waals surface area contributed by atoms with Crippen molar-refractivity contribution in [3.63, 3.8) is 0 Å². The van der Waals surface area contributed by atoms with Crippen LogP contribution >= 0.6 is 0 Å². The van der Waals surface area contributed by atoms with Crippen LogP contribution in [-0.2, 0) is 4.79 Å². The van der Waals surface area contributed by atoms with E-state index >= 15 is 0 Å². The molecule has 0 heterocycles. The molecule has 134 valence electrons. The maximum atomic E-state index is 11.5. The van der Waals surface area contributed by atoms with Crippen LogP contribution in [0.25, 0.3) is 0 Å². The highest BCUT2D eigenvalue weighted by Crippen LogP contribution is 2.61. The lowest BCUT2D eigenvalue weighted by Crippen LogP contribution is -2.46. The molecule has 3 nitrogen and oxygen atoms in total. The van der Waals surface area contributed by atoms with Gasteiger partial charge in [-0.05, 0) is 99.3 Å². The first-order valence-corrected chi connectivity index (χ1v) is 9.62. The van der Waals surface area contributed by atoms with E-state index in [9.17, 15) is 4.79 Å². The van der Waals surface area contributed by atoms with Crippen LogP contribution in [0.3, 0.4) is 0 Å². The third-order valence-corrected chi connectivity index (χ3v) is 6.45. The van der Waals surface area contributed by atoms with Gasteiger partial charge in [0.05, 0.1) is 6.61 Å². The topological polar surface area (TPSA) is 35.5 Å². The fourth-order valence-corrected chi connectivity index (χ4v) is 5.78. The Hall–Kier alpha value is -1.77. The largest absolute Gasteiger partial charge is 0.494 e. The molecule has 1 aromatic carbocycles. The molecule has 4 aliphatic rings. The monoisotopic (exact) mass is 340 g/mol. The normalized spacial score (nSPS) is 32.4. The minimum absolute atomic E-state index is 0.393. The second kappa shape index (κ2) is 6.51. The Morgan fingerprint density at radius 1 is 1.04 bits per heavy atom. The molecule has 4 fully saturated rings. The van der Waals surface area contributed by atoms with Gasteiger partial charge in [-0.25, -0.2) is 4.79 Å². The minimum atomic E-state index is -0.393. The summed E-state index contributed by atoms with van der Waals surface area (Å²) in [5, 5.41) is 0. The number of esters is 1. The molecule has 0 N–H and O–H groups in total. The molecule has 0 amide bonds. The number of rotatable bonds is 6. The Morgan fingerprint density at radius 2 is 1.56 bits per heavy atom. The van der Waals surface area contributed by atoms with E-state index in [0.717, 1.165) is 30.1 Å². The number of ether oxygens (including phenoxy) is 2. The highest BCUT2D eigenvalue weighted by atomic mass is 16.5. The van der Waals surface area contributed by atoms with E-state index in [1.165, 1.54) is 44.9 Å². The average Bonchev–Trinajstić information content (AvgIpc) is 2.55. The number of hydrogen-bond acceptors (Lipinski definition) is 3. The van der Waals surface area contributed by atoms with Crippen LogP contribution in [0.5, 0.6) is 11.5 Å². The number of benzene rings is 1. The van der Waals surface area contributed by atoms with Crippen LogP contribution in [0.2, 0.25) is 0 Å². The zero-order chi connectivity index (χ0) is 17.4. The Balaban J connectivity index is 1.29. The Morgan fingerprint density at radius 3 is 2.08 bits per heavy atom. The van der Waals surface area contributed by atoms with Crippen molar-refractivity contribution in [2.75, 3.05) is 6.61 Å². The van der Waals surface area contributed by atoms with E-state index in [1.807, 2.05) is 12.1 Å². The summed E-state index contributed by atoms with van der Waals surface area (Å²) >= 11 is 0. The summed E-state index contributed by atoms with van der Waals surface area (Å²) in [5.41, 5.74) is 0.960. The minimum Gasteiger partial charge on any atom is -0.494 e. The number of hydrogen-bond donors (Lipinski definition) is 0. The summed E-state index contributed by atoms with van der Waals surface area (Å²) < 4.78 is 11.2. The van der Waals surface area contributed by atoms with Gasteiger partial charge < -0.3 is 9.47 Å². The molecule has 4 bridgehead atoms. The van der Waals surface area contributed by atoms with Gasteiger partial charge >= 0.3 is 5.97 Å². The summed E-state index contributed by atoms with van der Waals surface area (Å²) in [6.45, 7) is 6.02. The highest BCUT2D eigenvalue weighted by Gasteiger charge is 2.50. The molecular formula is C22H28O3. The fraction of sp³-hybridized carbons (Fsp3) is 0.591. The second-order valence-corrected chi connectivity index (χ2v) is 8.66. The summed E-state index contributed by atoms with van der Waals surface area (Å²) in [6, 6.07) is 7.31. The van der Waals surface area contributed by atoms with Gasteiger partial charge in [-0.15, -0.1) is 0 Å². The van der Waals surface area contributed by atoms with Gasteiger partial charge in [0.25, 0.3) is 0 Å². The molecular weight excluding hydrogens is 312 g/mol. The summed E-state index contributed by atoms with van der Waals surface area (Å²) in [4.78, 5) is 11.5. The molecule has 3 heteroatoms. The van der Waals surface area contributed by atoms with Crippen LogP contribution in [-0.4, -0.2) is 12.6 Å². The molecule has 0 aromatic heterocycles.